The standard InChI is InChI=1S/C17H15BrN2O2S/c18-14-10-8-13(9-11-14)17(16-7-4-12-19-16)20-23(21,22)15-5-2-1-3-6-15/h1-12,17,19-20H. The minimum absolute atomic E-state index is 0.244. The van der Waals surface area contributed by atoms with Crippen LogP contribution in [-0.4, -0.2) is 13.4 Å². The van der Waals surface area contributed by atoms with Gasteiger partial charge in [0.15, 0.2) is 0 Å². The minimum atomic E-state index is -3.63. The second-order valence-corrected chi connectivity index (χ2v) is 7.67. The van der Waals surface area contributed by atoms with Crippen molar-refractivity contribution in [1.29, 1.82) is 0 Å². The predicted molar refractivity (Wildman–Crippen MR) is 93.5 cm³/mol. The molecule has 6 heteroatoms. The third-order valence-corrected chi connectivity index (χ3v) is 5.43. The first kappa shape index (κ1) is 16.0. The van der Waals surface area contributed by atoms with Gasteiger partial charge in [0, 0.05) is 16.4 Å². The maximum absolute atomic E-state index is 12.6. The van der Waals surface area contributed by atoms with Gasteiger partial charge in [-0.3, -0.25) is 0 Å². The molecule has 0 aliphatic rings. The van der Waals surface area contributed by atoms with Crippen molar-refractivity contribution in [3.05, 3.63) is 88.7 Å². The summed E-state index contributed by atoms with van der Waals surface area (Å²) in [6.45, 7) is 0. The van der Waals surface area contributed by atoms with Gasteiger partial charge in [-0.1, -0.05) is 46.3 Å². The van der Waals surface area contributed by atoms with Crippen LogP contribution in [0.25, 0.3) is 0 Å². The van der Waals surface area contributed by atoms with Gasteiger partial charge >= 0.3 is 0 Å². The Hall–Kier alpha value is -1.89. The number of hydrogen-bond acceptors (Lipinski definition) is 2. The molecule has 2 aromatic carbocycles. The number of H-pyrrole nitrogens is 1. The number of hydrogen-bond donors (Lipinski definition) is 2. The second kappa shape index (κ2) is 6.70. The molecule has 3 rings (SSSR count). The monoisotopic (exact) mass is 390 g/mol. The van der Waals surface area contributed by atoms with Crippen molar-refractivity contribution in [2.24, 2.45) is 0 Å². The lowest BCUT2D eigenvalue weighted by Gasteiger charge is -2.18. The van der Waals surface area contributed by atoms with Gasteiger partial charge < -0.3 is 4.98 Å². The Morgan fingerprint density at radius 3 is 2.22 bits per heavy atom. The second-order valence-electron chi connectivity index (χ2n) is 5.04. The van der Waals surface area contributed by atoms with E-state index in [0.717, 1.165) is 15.7 Å². The summed E-state index contributed by atoms with van der Waals surface area (Å²) in [6.07, 6.45) is 1.78. The SMILES string of the molecule is O=S(=O)(NC(c1ccc(Br)cc1)c1ccc[nH]1)c1ccccc1. The van der Waals surface area contributed by atoms with Crippen molar-refractivity contribution in [3.8, 4) is 0 Å². The van der Waals surface area contributed by atoms with Crippen LogP contribution >= 0.6 is 15.9 Å². The minimum Gasteiger partial charge on any atom is -0.363 e. The number of benzene rings is 2. The highest BCUT2D eigenvalue weighted by Gasteiger charge is 2.23. The fourth-order valence-electron chi connectivity index (χ4n) is 2.31. The molecule has 0 aliphatic carbocycles. The van der Waals surface area contributed by atoms with Gasteiger partial charge in [-0.05, 0) is 42.0 Å². The molecule has 0 aliphatic heterocycles. The first-order valence-electron chi connectivity index (χ1n) is 7.02. The molecule has 0 saturated heterocycles. The molecule has 0 fully saturated rings. The summed E-state index contributed by atoms with van der Waals surface area (Å²) in [4.78, 5) is 3.33. The number of nitrogens with one attached hydrogen (secondary N) is 2. The molecule has 0 amide bonds. The first-order valence-corrected chi connectivity index (χ1v) is 9.30. The summed E-state index contributed by atoms with van der Waals surface area (Å²) >= 11 is 3.39. The Morgan fingerprint density at radius 1 is 0.913 bits per heavy atom. The van der Waals surface area contributed by atoms with Gasteiger partial charge in [-0.2, -0.15) is 4.72 Å². The molecule has 0 saturated carbocycles. The van der Waals surface area contributed by atoms with Crippen molar-refractivity contribution in [2.75, 3.05) is 0 Å². The molecule has 1 heterocycles. The van der Waals surface area contributed by atoms with Crippen molar-refractivity contribution >= 4 is 26.0 Å². The zero-order valence-electron chi connectivity index (χ0n) is 12.1. The Labute approximate surface area is 143 Å². The van der Waals surface area contributed by atoms with Crippen molar-refractivity contribution < 1.29 is 8.42 Å². The quantitative estimate of drug-likeness (QED) is 0.694. The molecule has 0 spiro atoms. The van der Waals surface area contributed by atoms with Crippen LogP contribution in [0.3, 0.4) is 0 Å². The summed E-state index contributed by atoms with van der Waals surface area (Å²) in [6, 6.07) is 19.1. The lowest BCUT2D eigenvalue weighted by Crippen LogP contribution is -2.29. The summed E-state index contributed by atoms with van der Waals surface area (Å²) in [7, 11) is -3.63. The highest BCUT2D eigenvalue weighted by atomic mass is 79.9. The fourth-order valence-corrected chi connectivity index (χ4v) is 3.80. The third-order valence-electron chi connectivity index (χ3n) is 3.46. The van der Waals surface area contributed by atoms with Crippen LogP contribution in [-0.2, 0) is 10.0 Å². The molecule has 1 aromatic heterocycles. The Morgan fingerprint density at radius 2 is 1.61 bits per heavy atom. The highest BCUT2D eigenvalue weighted by molar-refractivity contribution is 9.10. The molecule has 4 nitrogen and oxygen atoms in total. The molecule has 0 bridgehead atoms. The Kier molecular flexibility index (Phi) is 4.66. The normalized spacial score (nSPS) is 12.9. The lowest BCUT2D eigenvalue weighted by atomic mass is 10.1. The number of aromatic nitrogens is 1. The van der Waals surface area contributed by atoms with Gasteiger partial charge in [-0.15, -0.1) is 0 Å². The fraction of sp³-hybridized carbons (Fsp3) is 0.0588. The molecule has 1 unspecified atom stereocenters. The molecule has 1 atom stereocenters. The van der Waals surface area contributed by atoms with E-state index in [2.05, 4.69) is 25.6 Å². The van der Waals surface area contributed by atoms with E-state index < -0.39 is 16.1 Å². The topological polar surface area (TPSA) is 62.0 Å². The van der Waals surface area contributed by atoms with Gasteiger partial charge in [0.05, 0.1) is 10.9 Å². The van der Waals surface area contributed by atoms with Crippen molar-refractivity contribution in [2.45, 2.75) is 10.9 Å². The number of halogens is 1. The van der Waals surface area contributed by atoms with Crippen LogP contribution in [0.15, 0.2) is 82.3 Å². The number of rotatable bonds is 5. The van der Waals surface area contributed by atoms with Gasteiger partial charge in [0.25, 0.3) is 0 Å². The molecular weight excluding hydrogens is 376 g/mol. The smallest absolute Gasteiger partial charge is 0.241 e. The third kappa shape index (κ3) is 3.72. The van der Waals surface area contributed by atoms with Crippen LogP contribution < -0.4 is 4.72 Å². The van der Waals surface area contributed by atoms with Gasteiger partial charge in [0.1, 0.15) is 0 Å². The summed E-state index contributed by atoms with van der Waals surface area (Å²) in [5.74, 6) is 0. The van der Waals surface area contributed by atoms with E-state index in [1.807, 2.05) is 36.4 Å². The predicted octanol–water partition coefficient (Wildman–Crippen LogP) is 3.85. The van der Waals surface area contributed by atoms with E-state index >= 15 is 0 Å². The Balaban J connectivity index is 1.98. The maximum Gasteiger partial charge on any atom is 0.241 e. The van der Waals surface area contributed by atoms with Gasteiger partial charge in [-0.25, -0.2) is 8.42 Å². The van der Waals surface area contributed by atoms with E-state index in [-0.39, 0.29) is 4.90 Å². The number of aromatic amines is 1. The zero-order valence-corrected chi connectivity index (χ0v) is 14.5. The Bertz CT molecular complexity index is 861. The molecule has 3 aromatic rings. The van der Waals surface area contributed by atoms with E-state index in [1.165, 1.54) is 0 Å². The van der Waals surface area contributed by atoms with E-state index in [1.54, 1.807) is 36.5 Å². The number of sulfonamides is 1. The van der Waals surface area contributed by atoms with Crippen molar-refractivity contribution in [3.63, 3.8) is 0 Å². The van der Waals surface area contributed by atoms with E-state index in [0.29, 0.717) is 0 Å². The summed E-state index contributed by atoms with van der Waals surface area (Å²) in [5.41, 5.74) is 1.64. The van der Waals surface area contributed by atoms with Crippen molar-refractivity contribution in [1.82, 2.24) is 9.71 Å². The molecular formula is C17H15BrN2O2S. The first-order chi connectivity index (χ1) is 11.1. The largest absolute Gasteiger partial charge is 0.363 e. The molecule has 0 radical (unpaired) electrons. The summed E-state index contributed by atoms with van der Waals surface area (Å²) < 4.78 is 29.0. The average Bonchev–Trinajstić information content (AvgIpc) is 3.09. The molecule has 23 heavy (non-hydrogen) atoms. The van der Waals surface area contributed by atoms with Crippen LogP contribution in [0.4, 0.5) is 0 Å². The van der Waals surface area contributed by atoms with Gasteiger partial charge in [0.2, 0.25) is 10.0 Å². The highest BCUT2D eigenvalue weighted by Crippen LogP contribution is 2.25. The lowest BCUT2D eigenvalue weighted by molar-refractivity contribution is 0.570. The summed E-state index contributed by atoms with van der Waals surface area (Å²) in [5, 5.41) is 0. The van der Waals surface area contributed by atoms with Crippen LogP contribution in [0.5, 0.6) is 0 Å². The zero-order chi connectivity index (χ0) is 16.3. The van der Waals surface area contributed by atoms with E-state index in [9.17, 15) is 8.42 Å². The van der Waals surface area contributed by atoms with Crippen LogP contribution in [0, 0.1) is 0 Å². The van der Waals surface area contributed by atoms with Crippen LogP contribution in [0.1, 0.15) is 17.3 Å². The average molecular weight is 391 g/mol. The molecule has 118 valence electrons. The van der Waals surface area contributed by atoms with E-state index in [4.69, 9.17) is 0 Å². The molecule has 2 N–H and O–H groups in total. The maximum atomic E-state index is 12.6. The van der Waals surface area contributed by atoms with Crippen LogP contribution in [0.2, 0.25) is 0 Å².